The number of likely N-dealkylation sites (tertiary alicyclic amines) is 1. The number of aryl methyl sites for hydroxylation is 2. The van der Waals surface area contributed by atoms with Crippen LogP contribution in [-0.2, 0) is 12.6 Å². The van der Waals surface area contributed by atoms with Gasteiger partial charge < -0.3 is 15.0 Å². The molecule has 1 saturated heterocycles. The van der Waals surface area contributed by atoms with Gasteiger partial charge >= 0.3 is 6.18 Å². The van der Waals surface area contributed by atoms with Crippen molar-refractivity contribution in [1.82, 2.24) is 24.8 Å². The van der Waals surface area contributed by atoms with Crippen molar-refractivity contribution in [1.29, 1.82) is 0 Å². The van der Waals surface area contributed by atoms with Crippen molar-refractivity contribution in [2.75, 3.05) is 25.5 Å². The van der Waals surface area contributed by atoms with Gasteiger partial charge in [-0.3, -0.25) is 4.79 Å². The molecule has 1 unspecified atom stereocenters. The first kappa shape index (κ1) is 31.0. The van der Waals surface area contributed by atoms with Crippen LogP contribution in [0.1, 0.15) is 59.1 Å². The van der Waals surface area contributed by atoms with Gasteiger partial charge in [0.1, 0.15) is 23.7 Å². The highest BCUT2D eigenvalue weighted by Crippen LogP contribution is 2.39. The number of anilines is 1. The number of ether oxygens (including phenoxy) is 1. The Morgan fingerprint density at radius 1 is 1.16 bits per heavy atom. The van der Waals surface area contributed by atoms with Crippen LogP contribution < -0.4 is 10.1 Å². The Bertz CT molecular complexity index is 1680. The van der Waals surface area contributed by atoms with Gasteiger partial charge in [0.25, 0.3) is 5.91 Å². The van der Waals surface area contributed by atoms with Crippen molar-refractivity contribution in [3.63, 3.8) is 0 Å². The molecule has 12 heteroatoms. The molecule has 0 saturated carbocycles. The van der Waals surface area contributed by atoms with Crippen molar-refractivity contribution < 1.29 is 27.1 Å². The number of carbonyl (C=O) groups is 1. The molecule has 2 aromatic carbocycles. The molecule has 0 aliphatic carbocycles. The SMILES string of the molecule is CCc1ncnc(-c2cccnc2Oc2cc(C(=O)Nc3cc(C(F)(F)F)ccc3C(C)[C@H]3CCN(C)C3)c(F)cc2C)n1. The van der Waals surface area contributed by atoms with Gasteiger partial charge in [-0.2, -0.15) is 13.2 Å². The van der Waals surface area contributed by atoms with E-state index in [-0.39, 0.29) is 29.2 Å². The summed E-state index contributed by atoms with van der Waals surface area (Å²) < 4.78 is 62.3. The van der Waals surface area contributed by atoms with Crippen LogP contribution in [-0.4, -0.2) is 50.9 Å². The zero-order valence-electron chi connectivity index (χ0n) is 24.7. The molecule has 5 rings (SSSR count). The van der Waals surface area contributed by atoms with Crippen molar-refractivity contribution in [3.05, 3.63) is 88.9 Å². The Labute approximate surface area is 252 Å². The predicted octanol–water partition coefficient (Wildman–Crippen LogP) is 7.06. The lowest BCUT2D eigenvalue weighted by atomic mass is 9.85. The van der Waals surface area contributed by atoms with Gasteiger partial charge in [-0.05, 0) is 86.3 Å². The molecular weight excluding hydrogens is 576 g/mol. The average Bonchev–Trinajstić information content (AvgIpc) is 3.44. The lowest BCUT2D eigenvalue weighted by Crippen LogP contribution is -2.20. The van der Waals surface area contributed by atoms with E-state index < -0.39 is 29.0 Å². The Hall–Kier alpha value is -4.45. The molecule has 2 aromatic heterocycles. The Morgan fingerprint density at radius 3 is 2.66 bits per heavy atom. The molecule has 0 spiro atoms. The Balaban J connectivity index is 1.47. The number of nitrogens with one attached hydrogen (secondary N) is 1. The summed E-state index contributed by atoms with van der Waals surface area (Å²) in [6.45, 7) is 7.10. The van der Waals surface area contributed by atoms with Crippen LogP contribution in [0, 0.1) is 18.7 Å². The summed E-state index contributed by atoms with van der Waals surface area (Å²) in [7, 11) is 1.99. The normalized spacial score (nSPS) is 16.1. The number of nitrogens with zero attached hydrogens (tertiary/aromatic N) is 5. The third kappa shape index (κ3) is 6.70. The number of carbonyl (C=O) groups excluding carboxylic acids is 1. The van der Waals surface area contributed by atoms with Gasteiger partial charge in [-0.15, -0.1) is 0 Å². The molecular formula is C32H32F4N6O2. The maximum atomic E-state index is 15.2. The van der Waals surface area contributed by atoms with E-state index in [1.54, 1.807) is 19.1 Å². The molecule has 2 atom stereocenters. The number of benzene rings is 2. The van der Waals surface area contributed by atoms with Crippen LogP contribution in [0.2, 0.25) is 0 Å². The number of rotatable bonds is 8. The number of hydrogen-bond donors (Lipinski definition) is 1. The highest BCUT2D eigenvalue weighted by atomic mass is 19.4. The topological polar surface area (TPSA) is 93.1 Å². The number of amides is 1. The minimum atomic E-state index is -4.62. The van der Waals surface area contributed by atoms with Crippen molar-refractivity contribution in [3.8, 4) is 23.0 Å². The van der Waals surface area contributed by atoms with Gasteiger partial charge in [0.2, 0.25) is 5.88 Å². The summed E-state index contributed by atoms with van der Waals surface area (Å²) in [5.74, 6) is -0.556. The van der Waals surface area contributed by atoms with Crippen molar-refractivity contribution in [2.24, 2.45) is 5.92 Å². The van der Waals surface area contributed by atoms with Crippen molar-refractivity contribution in [2.45, 2.75) is 45.7 Å². The van der Waals surface area contributed by atoms with Crippen LogP contribution in [0.15, 0.2) is 55.0 Å². The minimum Gasteiger partial charge on any atom is -0.438 e. The molecule has 3 heterocycles. The zero-order valence-corrected chi connectivity index (χ0v) is 24.7. The Kier molecular flexibility index (Phi) is 8.91. The minimum absolute atomic E-state index is 0.0112. The van der Waals surface area contributed by atoms with Crippen LogP contribution >= 0.6 is 0 Å². The quantitative estimate of drug-likeness (QED) is 0.214. The molecule has 1 amide bonds. The fourth-order valence-electron chi connectivity index (χ4n) is 5.37. The highest BCUT2D eigenvalue weighted by Gasteiger charge is 2.33. The number of pyridine rings is 1. The fourth-order valence-corrected chi connectivity index (χ4v) is 5.37. The van der Waals surface area contributed by atoms with Gasteiger partial charge in [0.05, 0.1) is 16.7 Å². The van der Waals surface area contributed by atoms with Crippen LogP contribution in [0.4, 0.5) is 23.2 Å². The molecule has 1 aliphatic rings. The summed E-state index contributed by atoms with van der Waals surface area (Å²) in [6, 6.07) is 9.06. The van der Waals surface area contributed by atoms with E-state index in [4.69, 9.17) is 4.74 Å². The standard InChI is InChI=1S/C32H32F4N6O2/c1-5-28-38-17-39-29(41-28)23-7-6-11-37-31(23)44-27-15-24(25(33)13-18(27)2)30(43)40-26-14-21(32(34,35)36)8-9-22(26)19(3)20-10-12-42(4)16-20/h6-9,11,13-15,17,19-20H,5,10,12,16H2,1-4H3,(H,40,43)/t19?,20-/m0/s1. The second-order valence-electron chi connectivity index (χ2n) is 11.0. The molecule has 1 N–H and O–H groups in total. The van der Waals surface area contributed by atoms with E-state index in [1.165, 1.54) is 24.7 Å². The zero-order chi connectivity index (χ0) is 31.6. The lowest BCUT2D eigenvalue weighted by Gasteiger charge is -2.24. The molecule has 1 fully saturated rings. The first-order valence-electron chi connectivity index (χ1n) is 14.3. The van der Waals surface area contributed by atoms with Crippen LogP contribution in [0.3, 0.4) is 0 Å². The molecule has 4 aromatic rings. The van der Waals surface area contributed by atoms with Crippen molar-refractivity contribution >= 4 is 11.6 Å². The average molecular weight is 609 g/mol. The molecule has 44 heavy (non-hydrogen) atoms. The van der Waals surface area contributed by atoms with E-state index in [0.717, 1.165) is 37.7 Å². The summed E-state index contributed by atoms with van der Waals surface area (Å²) in [5, 5.41) is 2.57. The van der Waals surface area contributed by atoms with E-state index in [2.05, 4.69) is 30.2 Å². The summed E-state index contributed by atoms with van der Waals surface area (Å²) in [4.78, 5) is 32.7. The first-order chi connectivity index (χ1) is 20.9. The second-order valence-corrected chi connectivity index (χ2v) is 11.0. The number of halogens is 4. The summed E-state index contributed by atoms with van der Waals surface area (Å²) >= 11 is 0. The smallest absolute Gasteiger partial charge is 0.416 e. The van der Waals surface area contributed by atoms with Crippen LogP contribution in [0.5, 0.6) is 11.6 Å². The van der Waals surface area contributed by atoms with E-state index in [9.17, 15) is 18.0 Å². The monoisotopic (exact) mass is 608 g/mol. The highest BCUT2D eigenvalue weighted by molar-refractivity contribution is 6.05. The van der Waals surface area contributed by atoms with Gasteiger partial charge in [-0.1, -0.05) is 19.9 Å². The van der Waals surface area contributed by atoms with Gasteiger partial charge in [-0.25, -0.2) is 24.3 Å². The maximum absolute atomic E-state index is 15.2. The van der Waals surface area contributed by atoms with E-state index in [0.29, 0.717) is 34.8 Å². The molecule has 230 valence electrons. The maximum Gasteiger partial charge on any atom is 0.416 e. The number of aromatic nitrogens is 4. The van der Waals surface area contributed by atoms with Gasteiger partial charge in [0.15, 0.2) is 5.82 Å². The second kappa shape index (κ2) is 12.7. The summed E-state index contributed by atoms with van der Waals surface area (Å²) in [5.41, 5.74) is 0.0697. The van der Waals surface area contributed by atoms with E-state index in [1.807, 2.05) is 20.9 Å². The number of alkyl halides is 3. The third-order valence-electron chi connectivity index (χ3n) is 7.92. The fraction of sp³-hybridized carbons (Fsp3) is 0.344. The Morgan fingerprint density at radius 2 is 1.95 bits per heavy atom. The largest absolute Gasteiger partial charge is 0.438 e. The van der Waals surface area contributed by atoms with E-state index >= 15 is 4.39 Å². The van der Waals surface area contributed by atoms with Gasteiger partial charge in [0, 0.05) is 24.8 Å². The number of hydrogen-bond acceptors (Lipinski definition) is 7. The summed E-state index contributed by atoms with van der Waals surface area (Å²) in [6.07, 6.45) is -0.268. The van der Waals surface area contributed by atoms with Crippen LogP contribution in [0.25, 0.3) is 11.4 Å². The molecule has 8 nitrogen and oxygen atoms in total. The molecule has 0 radical (unpaired) electrons. The molecule has 1 aliphatic heterocycles. The molecule has 0 bridgehead atoms. The lowest BCUT2D eigenvalue weighted by molar-refractivity contribution is -0.137. The first-order valence-corrected chi connectivity index (χ1v) is 14.3. The third-order valence-corrected chi connectivity index (χ3v) is 7.92. The predicted molar refractivity (Wildman–Crippen MR) is 157 cm³/mol.